The molecule has 1 fully saturated rings. The highest BCUT2D eigenvalue weighted by atomic mass is 32.1. The van der Waals surface area contributed by atoms with Crippen molar-refractivity contribution in [1.29, 1.82) is 0 Å². The van der Waals surface area contributed by atoms with Crippen LogP contribution in [-0.2, 0) is 7.05 Å². The Labute approximate surface area is 175 Å². The van der Waals surface area contributed by atoms with E-state index in [1.165, 1.54) is 80.9 Å². The van der Waals surface area contributed by atoms with Gasteiger partial charge in [0, 0.05) is 16.3 Å². The van der Waals surface area contributed by atoms with Gasteiger partial charge in [0.1, 0.15) is 18.5 Å². The summed E-state index contributed by atoms with van der Waals surface area (Å²) in [5.41, 5.74) is 6.61. The summed E-state index contributed by atoms with van der Waals surface area (Å²) >= 11 is 1.82. The predicted molar refractivity (Wildman–Crippen MR) is 121 cm³/mol. The van der Waals surface area contributed by atoms with E-state index in [0.717, 1.165) is 11.5 Å². The van der Waals surface area contributed by atoms with Crippen LogP contribution in [0.2, 0.25) is 0 Å². The van der Waals surface area contributed by atoms with Crippen molar-refractivity contribution >= 4 is 32.2 Å². The van der Waals surface area contributed by atoms with Gasteiger partial charge < -0.3 is 4.74 Å². The monoisotopic (exact) mass is 400 g/mol. The first-order chi connectivity index (χ1) is 14.1. The molecule has 6 rings (SSSR count). The van der Waals surface area contributed by atoms with Gasteiger partial charge >= 0.3 is 0 Å². The summed E-state index contributed by atoms with van der Waals surface area (Å²) in [6, 6.07) is 9.29. The number of aromatic nitrogens is 1. The number of aryl methyl sites for hydroxylation is 3. The second kappa shape index (κ2) is 6.30. The maximum atomic E-state index is 6.72. The van der Waals surface area contributed by atoms with Gasteiger partial charge in [0.05, 0.1) is 10.9 Å². The third-order valence-corrected chi connectivity index (χ3v) is 8.13. The summed E-state index contributed by atoms with van der Waals surface area (Å²) in [5.74, 6) is 2.77. The van der Waals surface area contributed by atoms with Crippen LogP contribution in [0.25, 0.3) is 32.1 Å². The lowest BCUT2D eigenvalue weighted by Crippen LogP contribution is -2.32. The number of rotatable bonds is 1. The van der Waals surface area contributed by atoms with Crippen molar-refractivity contribution in [1.82, 2.24) is 0 Å². The van der Waals surface area contributed by atoms with Crippen molar-refractivity contribution in [2.75, 3.05) is 0 Å². The van der Waals surface area contributed by atoms with Crippen molar-refractivity contribution in [3.05, 3.63) is 52.5 Å². The average Bonchev–Trinajstić information content (AvgIpc) is 3.25. The van der Waals surface area contributed by atoms with Gasteiger partial charge in [-0.05, 0) is 72.0 Å². The number of ether oxygens (including phenoxy) is 1. The molecule has 0 radical (unpaired) electrons. The Balaban J connectivity index is 1.68. The van der Waals surface area contributed by atoms with E-state index >= 15 is 0 Å². The molecule has 0 unspecified atom stereocenters. The number of hydrogen-bond donors (Lipinski definition) is 0. The first-order valence-electron chi connectivity index (χ1n) is 10.8. The Morgan fingerprint density at radius 1 is 1.03 bits per heavy atom. The molecule has 3 heterocycles. The fourth-order valence-corrected chi connectivity index (χ4v) is 6.51. The zero-order valence-electron chi connectivity index (χ0n) is 17.3. The number of nitrogens with zero attached hydrogens (tertiary/aromatic N) is 1. The van der Waals surface area contributed by atoms with Gasteiger partial charge in [-0.1, -0.05) is 25.3 Å². The van der Waals surface area contributed by atoms with Gasteiger partial charge in [0.25, 0.3) is 0 Å². The summed E-state index contributed by atoms with van der Waals surface area (Å²) < 4.78 is 10.3. The summed E-state index contributed by atoms with van der Waals surface area (Å²) in [6.45, 7) is 4.46. The Bertz CT molecular complexity index is 1290. The van der Waals surface area contributed by atoms with Gasteiger partial charge in [-0.3, -0.25) is 0 Å². The van der Waals surface area contributed by atoms with Crippen LogP contribution in [0.1, 0.15) is 54.7 Å². The molecule has 146 valence electrons. The molecule has 1 saturated carbocycles. The third kappa shape index (κ3) is 2.43. The molecule has 2 nitrogen and oxygen atoms in total. The minimum absolute atomic E-state index is 0.675. The fraction of sp³-hybridized carbons (Fsp3) is 0.346. The van der Waals surface area contributed by atoms with Gasteiger partial charge in [0.15, 0.2) is 6.20 Å². The molecule has 1 aliphatic heterocycles. The maximum absolute atomic E-state index is 6.72. The van der Waals surface area contributed by atoms with E-state index in [-0.39, 0.29) is 0 Å². The van der Waals surface area contributed by atoms with E-state index in [1.807, 2.05) is 11.3 Å². The highest BCUT2D eigenvalue weighted by Gasteiger charge is 2.33. The van der Waals surface area contributed by atoms with E-state index in [0.29, 0.717) is 5.92 Å². The Kier molecular flexibility index (Phi) is 3.80. The quantitative estimate of drug-likeness (QED) is 0.269. The lowest BCUT2D eigenvalue weighted by atomic mass is 9.82. The Morgan fingerprint density at radius 2 is 1.86 bits per heavy atom. The van der Waals surface area contributed by atoms with Gasteiger partial charge in [-0.25, -0.2) is 4.57 Å². The molecule has 1 aliphatic carbocycles. The predicted octanol–water partition coefficient (Wildman–Crippen LogP) is 7.32. The van der Waals surface area contributed by atoms with Crippen molar-refractivity contribution in [2.45, 2.75) is 51.9 Å². The van der Waals surface area contributed by atoms with E-state index in [2.05, 4.69) is 61.3 Å². The topological polar surface area (TPSA) is 13.1 Å². The molecule has 0 atom stereocenters. The molecular formula is C26H26NOS+. The highest BCUT2D eigenvalue weighted by Crippen LogP contribution is 2.52. The van der Waals surface area contributed by atoms with E-state index in [4.69, 9.17) is 4.74 Å². The summed E-state index contributed by atoms with van der Waals surface area (Å²) in [4.78, 5) is 0. The molecule has 29 heavy (non-hydrogen) atoms. The first-order valence-corrected chi connectivity index (χ1v) is 11.7. The molecule has 2 aliphatic rings. The zero-order chi connectivity index (χ0) is 19.7. The minimum Gasteiger partial charge on any atom is -0.455 e. The molecule has 3 heteroatoms. The van der Waals surface area contributed by atoms with Crippen molar-refractivity contribution < 1.29 is 9.30 Å². The van der Waals surface area contributed by atoms with Crippen LogP contribution >= 0.6 is 11.3 Å². The summed E-state index contributed by atoms with van der Waals surface area (Å²) in [5, 5.41) is 6.13. The molecular weight excluding hydrogens is 374 g/mol. The maximum Gasteiger partial charge on any atom is 0.228 e. The first kappa shape index (κ1) is 17.5. The lowest BCUT2D eigenvalue weighted by molar-refractivity contribution is -0.659. The Hall–Kier alpha value is -2.39. The molecule has 0 bridgehead atoms. The normalized spacial score (nSPS) is 16.2. The fourth-order valence-electron chi connectivity index (χ4n) is 5.55. The standard InChI is InChI=1S/C26H26NOS/c1-15-20-10-12-29-26(20)16(2)25-22(15)24-23-18(9-11-27(24)3)13-19(14-21(23)28-25)17-7-5-4-6-8-17/h9-14,17H,4-8H2,1-3H3/q+1. The van der Waals surface area contributed by atoms with Crippen LogP contribution in [0, 0.1) is 13.8 Å². The molecule has 0 saturated heterocycles. The van der Waals surface area contributed by atoms with Gasteiger partial charge in [0.2, 0.25) is 5.69 Å². The number of thiophene rings is 1. The molecule has 0 spiro atoms. The average molecular weight is 401 g/mol. The number of benzene rings is 2. The summed E-state index contributed by atoms with van der Waals surface area (Å²) in [6.07, 6.45) is 8.92. The summed E-state index contributed by atoms with van der Waals surface area (Å²) in [7, 11) is 2.16. The second-order valence-corrected chi connectivity index (χ2v) is 9.73. The highest BCUT2D eigenvalue weighted by molar-refractivity contribution is 7.17. The number of fused-ring (bicyclic) bond motifs is 3. The zero-order valence-corrected chi connectivity index (χ0v) is 18.2. The van der Waals surface area contributed by atoms with Crippen LogP contribution < -0.4 is 9.30 Å². The number of pyridine rings is 1. The second-order valence-electron chi connectivity index (χ2n) is 8.81. The van der Waals surface area contributed by atoms with Crippen LogP contribution in [-0.4, -0.2) is 0 Å². The van der Waals surface area contributed by atoms with Crippen molar-refractivity contribution in [3.8, 4) is 22.8 Å². The van der Waals surface area contributed by atoms with Crippen LogP contribution in [0.15, 0.2) is 35.8 Å². The largest absolute Gasteiger partial charge is 0.455 e. The third-order valence-electron chi connectivity index (χ3n) is 7.10. The minimum atomic E-state index is 0.675. The molecule has 4 aromatic rings. The number of hydrogen-bond acceptors (Lipinski definition) is 2. The van der Waals surface area contributed by atoms with Crippen LogP contribution in [0.4, 0.5) is 0 Å². The van der Waals surface area contributed by atoms with Crippen LogP contribution in [0.5, 0.6) is 11.5 Å². The smallest absolute Gasteiger partial charge is 0.228 e. The molecule has 0 amide bonds. The SMILES string of the molecule is Cc1c2c(c(C)c3sccc13)Oc1cc(C3CCCCC3)cc3cc[n+](C)c-2c13. The van der Waals surface area contributed by atoms with Crippen LogP contribution in [0.3, 0.4) is 0 Å². The van der Waals surface area contributed by atoms with Crippen molar-refractivity contribution in [3.63, 3.8) is 0 Å². The van der Waals surface area contributed by atoms with E-state index in [9.17, 15) is 0 Å². The Morgan fingerprint density at radius 3 is 2.69 bits per heavy atom. The molecule has 2 aromatic carbocycles. The molecule has 0 N–H and O–H groups in total. The van der Waals surface area contributed by atoms with E-state index in [1.54, 1.807) is 0 Å². The lowest BCUT2D eigenvalue weighted by Gasteiger charge is -2.26. The van der Waals surface area contributed by atoms with Gasteiger partial charge in [-0.2, -0.15) is 0 Å². The van der Waals surface area contributed by atoms with Gasteiger partial charge in [-0.15, -0.1) is 11.3 Å². The van der Waals surface area contributed by atoms with Crippen molar-refractivity contribution in [2.24, 2.45) is 7.05 Å². The molecule has 2 aromatic heterocycles. The van der Waals surface area contributed by atoms with E-state index < -0.39 is 0 Å².